The lowest BCUT2D eigenvalue weighted by Crippen LogP contribution is -2.38. The molecule has 0 bridgehead atoms. The van der Waals surface area contributed by atoms with E-state index in [0.29, 0.717) is 16.7 Å². The van der Waals surface area contributed by atoms with Crippen molar-refractivity contribution in [3.8, 4) is 0 Å². The van der Waals surface area contributed by atoms with Crippen LogP contribution in [0.15, 0.2) is 18.3 Å². The predicted molar refractivity (Wildman–Crippen MR) is 82.5 cm³/mol. The van der Waals surface area contributed by atoms with Gasteiger partial charge in [-0.05, 0) is 13.3 Å². The molecule has 1 atom stereocenters. The number of nitrogens with zero attached hydrogens (tertiary/aromatic N) is 2. The lowest BCUT2D eigenvalue weighted by molar-refractivity contribution is 0.212. The van der Waals surface area contributed by atoms with Gasteiger partial charge in [0.1, 0.15) is 17.2 Å². The summed E-state index contributed by atoms with van der Waals surface area (Å²) >= 11 is 0. The van der Waals surface area contributed by atoms with Crippen LogP contribution in [0.25, 0.3) is 11.0 Å². The van der Waals surface area contributed by atoms with Crippen molar-refractivity contribution in [3.63, 3.8) is 0 Å². The van der Waals surface area contributed by atoms with Crippen molar-refractivity contribution in [1.82, 2.24) is 9.97 Å². The summed E-state index contributed by atoms with van der Waals surface area (Å²) in [4.78, 5) is 8.17. The summed E-state index contributed by atoms with van der Waals surface area (Å²) in [7, 11) is 0. The number of aliphatic hydroxyl groups is 1. The maximum Gasteiger partial charge on any atom is 0.143 e. The highest BCUT2D eigenvalue weighted by molar-refractivity contribution is 5.89. The Morgan fingerprint density at radius 3 is 2.86 bits per heavy atom. The Hall–Kier alpha value is -1.95. The van der Waals surface area contributed by atoms with E-state index >= 15 is 0 Å². The maximum atomic E-state index is 13.3. The number of hydrogen-bond donors (Lipinski definition) is 3. The van der Waals surface area contributed by atoms with E-state index in [4.69, 9.17) is 5.73 Å². The van der Waals surface area contributed by atoms with Crippen LogP contribution in [0.2, 0.25) is 0 Å². The zero-order valence-corrected chi connectivity index (χ0v) is 12.4. The monoisotopic (exact) mass is 292 g/mol. The van der Waals surface area contributed by atoms with E-state index in [1.54, 1.807) is 6.07 Å². The predicted octanol–water partition coefficient (Wildman–Crippen LogP) is 2.70. The van der Waals surface area contributed by atoms with Crippen molar-refractivity contribution in [2.45, 2.75) is 38.6 Å². The molecule has 0 amide bonds. The topological polar surface area (TPSA) is 84.1 Å². The standard InChI is InChI=1S/C15H21FN4O/c1-3-4-5-15(2,9-21)20-12-7-13(17)19-11-6-10(16)8-18-14(11)12/h6-8,21H,3-5,9H2,1-2H3,(H3,17,19,20)/t15-/m1/s1. The first-order valence-corrected chi connectivity index (χ1v) is 7.08. The number of anilines is 2. The summed E-state index contributed by atoms with van der Waals surface area (Å²) < 4.78 is 13.3. The minimum Gasteiger partial charge on any atom is -0.394 e. The van der Waals surface area contributed by atoms with Gasteiger partial charge in [0.15, 0.2) is 0 Å². The molecule has 0 aliphatic rings. The Bertz CT molecular complexity index is 629. The van der Waals surface area contributed by atoms with E-state index in [-0.39, 0.29) is 12.4 Å². The third-order valence-electron chi connectivity index (χ3n) is 3.50. The van der Waals surface area contributed by atoms with Gasteiger partial charge < -0.3 is 16.2 Å². The number of rotatable bonds is 6. The second kappa shape index (κ2) is 6.22. The number of fused-ring (bicyclic) bond motifs is 1. The van der Waals surface area contributed by atoms with Crippen molar-refractivity contribution in [2.75, 3.05) is 17.7 Å². The molecule has 2 aromatic rings. The van der Waals surface area contributed by atoms with Crippen LogP contribution >= 0.6 is 0 Å². The highest BCUT2D eigenvalue weighted by Gasteiger charge is 2.23. The third-order valence-corrected chi connectivity index (χ3v) is 3.50. The van der Waals surface area contributed by atoms with Gasteiger partial charge in [0.2, 0.25) is 0 Å². The smallest absolute Gasteiger partial charge is 0.143 e. The molecule has 0 spiro atoms. The van der Waals surface area contributed by atoms with E-state index < -0.39 is 11.4 Å². The number of nitrogens with one attached hydrogen (secondary N) is 1. The molecule has 0 aliphatic heterocycles. The van der Waals surface area contributed by atoms with Crippen LogP contribution in [-0.2, 0) is 0 Å². The molecule has 0 unspecified atom stereocenters. The molecule has 0 aliphatic carbocycles. The zero-order chi connectivity index (χ0) is 15.5. The van der Waals surface area contributed by atoms with Crippen molar-refractivity contribution in [3.05, 3.63) is 24.1 Å². The van der Waals surface area contributed by atoms with Gasteiger partial charge in [-0.2, -0.15) is 0 Å². The van der Waals surface area contributed by atoms with Crippen LogP contribution in [0, 0.1) is 5.82 Å². The van der Waals surface area contributed by atoms with Crippen LogP contribution in [0.5, 0.6) is 0 Å². The van der Waals surface area contributed by atoms with E-state index in [9.17, 15) is 9.50 Å². The van der Waals surface area contributed by atoms with E-state index in [2.05, 4.69) is 22.2 Å². The molecule has 6 heteroatoms. The Morgan fingerprint density at radius 1 is 1.43 bits per heavy atom. The number of halogens is 1. The number of pyridine rings is 2. The van der Waals surface area contributed by atoms with Crippen molar-refractivity contribution >= 4 is 22.5 Å². The third kappa shape index (κ3) is 3.58. The molecular weight excluding hydrogens is 271 g/mol. The highest BCUT2D eigenvalue weighted by Crippen LogP contribution is 2.27. The molecule has 0 fully saturated rings. The van der Waals surface area contributed by atoms with E-state index in [0.717, 1.165) is 25.5 Å². The second-order valence-electron chi connectivity index (χ2n) is 5.56. The molecule has 114 valence electrons. The van der Waals surface area contributed by atoms with Crippen LogP contribution in [0.4, 0.5) is 15.9 Å². The van der Waals surface area contributed by atoms with E-state index in [1.807, 2.05) is 6.92 Å². The number of aromatic nitrogens is 2. The van der Waals surface area contributed by atoms with Crippen molar-refractivity contribution in [1.29, 1.82) is 0 Å². The summed E-state index contributed by atoms with van der Waals surface area (Å²) in [5.41, 5.74) is 6.89. The fourth-order valence-electron chi connectivity index (χ4n) is 2.28. The van der Waals surface area contributed by atoms with Crippen LogP contribution < -0.4 is 11.1 Å². The van der Waals surface area contributed by atoms with Crippen LogP contribution in [-0.4, -0.2) is 27.2 Å². The SMILES string of the molecule is CCCC[C@](C)(CO)Nc1cc(N)nc2cc(F)cnc12. The molecule has 2 rings (SSSR count). The lowest BCUT2D eigenvalue weighted by Gasteiger charge is -2.30. The van der Waals surface area contributed by atoms with Gasteiger partial charge in [0, 0.05) is 12.1 Å². The molecule has 0 aromatic carbocycles. The summed E-state index contributed by atoms with van der Waals surface area (Å²) in [6.45, 7) is 4.02. The van der Waals surface area contributed by atoms with Gasteiger partial charge in [-0.15, -0.1) is 0 Å². The number of aliphatic hydroxyl groups excluding tert-OH is 1. The number of nitrogen functional groups attached to an aromatic ring is 1. The summed E-state index contributed by atoms with van der Waals surface area (Å²) in [6, 6.07) is 2.96. The minimum absolute atomic E-state index is 0.0160. The second-order valence-corrected chi connectivity index (χ2v) is 5.56. The van der Waals surface area contributed by atoms with Gasteiger partial charge in [0.05, 0.1) is 29.5 Å². The first-order valence-electron chi connectivity index (χ1n) is 7.08. The van der Waals surface area contributed by atoms with Crippen LogP contribution in [0.3, 0.4) is 0 Å². The Balaban J connectivity index is 2.41. The van der Waals surface area contributed by atoms with Gasteiger partial charge in [-0.3, -0.25) is 0 Å². The molecule has 0 saturated carbocycles. The first kappa shape index (κ1) is 15.4. The maximum absolute atomic E-state index is 13.3. The molecule has 0 saturated heterocycles. The Kier molecular flexibility index (Phi) is 4.57. The Morgan fingerprint density at radius 2 is 2.19 bits per heavy atom. The Labute approximate surface area is 123 Å². The van der Waals surface area contributed by atoms with Gasteiger partial charge in [-0.25, -0.2) is 14.4 Å². The molecular formula is C15H21FN4O. The van der Waals surface area contributed by atoms with Gasteiger partial charge in [-0.1, -0.05) is 19.8 Å². The first-order chi connectivity index (χ1) is 9.97. The van der Waals surface area contributed by atoms with Gasteiger partial charge >= 0.3 is 0 Å². The van der Waals surface area contributed by atoms with Gasteiger partial charge in [0.25, 0.3) is 0 Å². The molecule has 2 heterocycles. The molecule has 0 radical (unpaired) electrons. The average Bonchev–Trinajstić information content (AvgIpc) is 2.44. The van der Waals surface area contributed by atoms with Crippen molar-refractivity contribution in [2.24, 2.45) is 0 Å². The normalized spacial score (nSPS) is 14.1. The fourth-order valence-corrected chi connectivity index (χ4v) is 2.28. The number of hydrogen-bond acceptors (Lipinski definition) is 5. The average molecular weight is 292 g/mol. The zero-order valence-electron chi connectivity index (χ0n) is 12.4. The van der Waals surface area contributed by atoms with Crippen LogP contribution in [0.1, 0.15) is 33.1 Å². The van der Waals surface area contributed by atoms with Crippen molar-refractivity contribution < 1.29 is 9.50 Å². The number of unbranched alkanes of at least 4 members (excludes halogenated alkanes) is 1. The van der Waals surface area contributed by atoms with E-state index in [1.165, 1.54) is 6.07 Å². The molecule has 2 aromatic heterocycles. The quantitative estimate of drug-likeness (QED) is 0.762. The number of nitrogens with two attached hydrogens (primary N) is 1. The summed E-state index contributed by atoms with van der Waals surface area (Å²) in [6.07, 6.45) is 3.99. The fraction of sp³-hybridized carbons (Fsp3) is 0.467. The summed E-state index contributed by atoms with van der Waals surface area (Å²) in [5.74, 6) is -0.171. The molecule has 21 heavy (non-hydrogen) atoms. The lowest BCUT2D eigenvalue weighted by atomic mass is 9.95. The highest BCUT2D eigenvalue weighted by atomic mass is 19.1. The molecule has 4 N–H and O–H groups in total. The summed E-state index contributed by atoms with van der Waals surface area (Å²) in [5, 5.41) is 13.0. The molecule has 5 nitrogen and oxygen atoms in total. The minimum atomic E-state index is -0.479. The largest absolute Gasteiger partial charge is 0.394 e.